The highest BCUT2D eigenvalue weighted by Gasteiger charge is 2.18. The maximum Gasteiger partial charge on any atom is 0.320 e. The molecule has 0 rings (SSSR count). The average molecular weight is 159 g/mol. The Bertz CT molecular complexity index is 125. The molecule has 0 fully saturated rings. The van der Waals surface area contributed by atoms with E-state index >= 15 is 0 Å². The van der Waals surface area contributed by atoms with Gasteiger partial charge in [0.15, 0.2) is 0 Å². The summed E-state index contributed by atoms with van der Waals surface area (Å²) in [6.07, 6.45) is 3.06. The number of nitrogens with two attached hydrogens (primary N) is 1. The first-order chi connectivity index (χ1) is 5.09. The summed E-state index contributed by atoms with van der Waals surface area (Å²) in [7, 11) is 0. The summed E-state index contributed by atoms with van der Waals surface area (Å²) in [5.74, 6) is -0.805. The molecule has 2 atom stereocenters. The van der Waals surface area contributed by atoms with Gasteiger partial charge in [-0.15, -0.1) is 0 Å². The third-order valence-corrected chi connectivity index (χ3v) is 1.91. The van der Waals surface area contributed by atoms with Crippen molar-refractivity contribution in [2.24, 2.45) is 11.7 Å². The maximum absolute atomic E-state index is 10.4. The molecule has 0 aromatic carbocycles. The van der Waals surface area contributed by atoms with Gasteiger partial charge in [0, 0.05) is 0 Å². The van der Waals surface area contributed by atoms with Crippen molar-refractivity contribution in [2.45, 2.75) is 39.2 Å². The van der Waals surface area contributed by atoms with E-state index in [0.717, 1.165) is 19.3 Å². The molecular weight excluding hydrogens is 142 g/mol. The second-order valence-electron chi connectivity index (χ2n) is 2.98. The molecule has 2 unspecified atom stereocenters. The summed E-state index contributed by atoms with van der Waals surface area (Å²) in [6.45, 7) is 3.97. The lowest BCUT2D eigenvalue weighted by Crippen LogP contribution is -2.36. The summed E-state index contributed by atoms with van der Waals surface area (Å²) in [4.78, 5) is 10.4. The van der Waals surface area contributed by atoms with Crippen LogP contribution in [0.25, 0.3) is 0 Å². The molecule has 11 heavy (non-hydrogen) atoms. The standard InChI is InChI=1S/C8H17NO2/c1-3-4-5-6(2)7(9)8(10)11/h6-7H,3-5,9H2,1-2H3,(H,10,11). The zero-order valence-corrected chi connectivity index (χ0v) is 7.21. The first kappa shape index (κ1) is 10.4. The number of rotatable bonds is 5. The van der Waals surface area contributed by atoms with Crippen molar-refractivity contribution in [3.8, 4) is 0 Å². The van der Waals surface area contributed by atoms with Gasteiger partial charge < -0.3 is 10.8 Å². The minimum Gasteiger partial charge on any atom is -0.480 e. The van der Waals surface area contributed by atoms with Crippen molar-refractivity contribution in [1.29, 1.82) is 0 Å². The first-order valence-electron chi connectivity index (χ1n) is 4.08. The highest BCUT2D eigenvalue weighted by atomic mass is 16.4. The van der Waals surface area contributed by atoms with Crippen LogP contribution in [0.3, 0.4) is 0 Å². The molecule has 0 radical (unpaired) electrons. The summed E-state index contributed by atoms with van der Waals surface area (Å²) < 4.78 is 0. The fraction of sp³-hybridized carbons (Fsp3) is 0.875. The lowest BCUT2D eigenvalue weighted by atomic mass is 9.97. The smallest absolute Gasteiger partial charge is 0.320 e. The molecule has 66 valence electrons. The molecule has 0 aliphatic carbocycles. The second kappa shape index (κ2) is 5.13. The molecule has 0 aromatic heterocycles. The Hall–Kier alpha value is -0.570. The van der Waals surface area contributed by atoms with Crippen LogP contribution in [-0.2, 0) is 4.79 Å². The van der Waals surface area contributed by atoms with E-state index in [0.29, 0.717) is 0 Å². The van der Waals surface area contributed by atoms with Gasteiger partial charge in [0.1, 0.15) is 6.04 Å². The summed E-state index contributed by atoms with van der Waals surface area (Å²) in [6, 6.07) is -0.693. The van der Waals surface area contributed by atoms with Crippen LogP contribution < -0.4 is 5.73 Å². The number of aliphatic carboxylic acids is 1. The molecule has 0 bridgehead atoms. The Balaban J connectivity index is 3.63. The molecule has 0 spiro atoms. The molecule has 3 nitrogen and oxygen atoms in total. The number of carboxylic acids is 1. The first-order valence-corrected chi connectivity index (χ1v) is 4.08. The van der Waals surface area contributed by atoms with Gasteiger partial charge in [-0.2, -0.15) is 0 Å². The minimum atomic E-state index is -0.895. The van der Waals surface area contributed by atoms with Crippen LogP contribution in [0.4, 0.5) is 0 Å². The molecular formula is C8H17NO2. The Kier molecular flexibility index (Phi) is 4.86. The Labute approximate surface area is 67.6 Å². The van der Waals surface area contributed by atoms with Gasteiger partial charge in [0.05, 0.1) is 0 Å². The van der Waals surface area contributed by atoms with Gasteiger partial charge in [0.2, 0.25) is 0 Å². The quantitative estimate of drug-likeness (QED) is 0.634. The van der Waals surface area contributed by atoms with Gasteiger partial charge in [-0.05, 0) is 12.3 Å². The van der Waals surface area contributed by atoms with E-state index in [1.54, 1.807) is 0 Å². The Morgan fingerprint density at radius 1 is 1.64 bits per heavy atom. The van der Waals surface area contributed by atoms with Crippen LogP contribution in [0.5, 0.6) is 0 Å². The SMILES string of the molecule is CCCCC(C)C(N)C(=O)O. The van der Waals surface area contributed by atoms with Crippen LogP contribution >= 0.6 is 0 Å². The number of hydrogen-bond donors (Lipinski definition) is 2. The van der Waals surface area contributed by atoms with E-state index in [9.17, 15) is 4.79 Å². The molecule has 0 amide bonds. The van der Waals surface area contributed by atoms with Gasteiger partial charge in [-0.3, -0.25) is 4.79 Å². The predicted octanol–water partition coefficient (Wildman–Crippen LogP) is 1.22. The Morgan fingerprint density at radius 3 is 2.55 bits per heavy atom. The minimum absolute atomic E-state index is 0.0902. The third-order valence-electron chi connectivity index (χ3n) is 1.91. The van der Waals surface area contributed by atoms with E-state index in [1.807, 2.05) is 6.92 Å². The lowest BCUT2D eigenvalue weighted by Gasteiger charge is -2.14. The zero-order chi connectivity index (χ0) is 8.85. The lowest BCUT2D eigenvalue weighted by molar-refractivity contribution is -0.139. The third kappa shape index (κ3) is 3.98. The van der Waals surface area contributed by atoms with Crippen molar-refractivity contribution < 1.29 is 9.90 Å². The predicted molar refractivity (Wildman–Crippen MR) is 44.3 cm³/mol. The van der Waals surface area contributed by atoms with Crippen LogP contribution in [0.15, 0.2) is 0 Å². The fourth-order valence-electron chi connectivity index (χ4n) is 0.949. The summed E-state index contributed by atoms with van der Waals surface area (Å²) in [5.41, 5.74) is 5.40. The summed E-state index contributed by atoms with van der Waals surface area (Å²) >= 11 is 0. The van der Waals surface area contributed by atoms with E-state index in [2.05, 4.69) is 6.92 Å². The van der Waals surface area contributed by atoms with Crippen molar-refractivity contribution >= 4 is 5.97 Å². The molecule has 0 heterocycles. The molecule has 3 N–H and O–H groups in total. The van der Waals surface area contributed by atoms with E-state index in [1.165, 1.54) is 0 Å². The van der Waals surface area contributed by atoms with E-state index < -0.39 is 12.0 Å². The van der Waals surface area contributed by atoms with Gasteiger partial charge in [0.25, 0.3) is 0 Å². The van der Waals surface area contributed by atoms with Crippen LogP contribution in [-0.4, -0.2) is 17.1 Å². The molecule has 0 saturated carbocycles. The zero-order valence-electron chi connectivity index (χ0n) is 7.21. The van der Waals surface area contributed by atoms with Crippen LogP contribution in [0.1, 0.15) is 33.1 Å². The molecule has 0 aliphatic heterocycles. The topological polar surface area (TPSA) is 63.3 Å². The molecule has 0 saturated heterocycles. The van der Waals surface area contributed by atoms with E-state index in [4.69, 9.17) is 10.8 Å². The monoisotopic (exact) mass is 159 g/mol. The fourth-order valence-corrected chi connectivity index (χ4v) is 0.949. The van der Waals surface area contributed by atoms with Crippen LogP contribution in [0, 0.1) is 5.92 Å². The number of hydrogen-bond acceptors (Lipinski definition) is 2. The van der Waals surface area contributed by atoms with Crippen molar-refractivity contribution in [1.82, 2.24) is 0 Å². The second-order valence-corrected chi connectivity index (χ2v) is 2.98. The molecule has 0 aliphatic rings. The molecule has 3 heteroatoms. The largest absolute Gasteiger partial charge is 0.480 e. The number of carboxylic acid groups (broad SMARTS) is 1. The van der Waals surface area contributed by atoms with Crippen LogP contribution in [0.2, 0.25) is 0 Å². The van der Waals surface area contributed by atoms with Crippen molar-refractivity contribution in [2.75, 3.05) is 0 Å². The molecule has 0 aromatic rings. The number of carbonyl (C=O) groups is 1. The highest BCUT2D eigenvalue weighted by molar-refractivity contribution is 5.73. The maximum atomic E-state index is 10.4. The summed E-state index contributed by atoms with van der Waals surface area (Å²) in [5, 5.41) is 8.53. The Morgan fingerprint density at radius 2 is 2.18 bits per heavy atom. The van der Waals surface area contributed by atoms with Crippen molar-refractivity contribution in [3.63, 3.8) is 0 Å². The highest BCUT2D eigenvalue weighted by Crippen LogP contribution is 2.10. The normalized spacial score (nSPS) is 15.9. The van der Waals surface area contributed by atoms with Gasteiger partial charge >= 0.3 is 5.97 Å². The van der Waals surface area contributed by atoms with Crippen molar-refractivity contribution in [3.05, 3.63) is 0 Å². The van der Waals surface area contributed by atoms with Gasteiger partial charge in [-0.1, -0.05) is 26.7 Å². The van der Waals surface area contributed by atoms with E-state index in [-0.39, 0.29) is 5.92 Å². The number of unbranched alkanes of at least 4 members (excludes halogenated alkanes) is 1. The van der Waals surface area contributed by atoms with Gasteiger partial charge in [-0.25, -0.2) is 0 Å². The average Bonchev–Trinajstić information content (AvgIpc) is 1.98.